The first kappa shape index (κ1) is 13.9. The second-order valence-electron chi connectivity index (χ2n) is 4.45. The van der Waals surface area contributed by atoms with Crippen LogP contribution in [0.15, 0.2) is 35.5 Å². The van der Waals surface area contributed by atoms with Gasteiger partial charge < -0.3 is 10.1 Å². The van der Waals surface area contributed by atoms with Crippen molar-refractivity contribution in [1.29, 1.82) is 0 Å². The average molecular weight is 322 g/mol. The first-order valence-electron chi connectivity index (χ1n) is 6.10. The van der Waals surface area contributed by atoms with E-state index in [1.165, 1.54) is 6.92 Å². The second kappa shape index (κ2) is 6.06. The number of nitrogens with one attached hydrogen (secondary N) is 1. The molecule has 1 heterocycles. The van der Waals surface area contributed by atoms with Crippen LogP contribution in [0.5, 0.6) is 0 Å². The zero-order valence-corrected chi connectivity index (χ0v) is 12.4. The maximum atomic E-state index is 11.4. The third kappa shape index (κ3) is 3.26. The number of halogens is 1. The predicted octanol–water partition coefficient (Wildman–Crippen LogP) is 3.70. The molecule has 1 amide bonds. The molecule has 100 valence electrons. The lowest BCUT2D eigenvalue weighted by atomic mass is 9.93. The molecular formula is C15H16BrNO2. The van der Waals surface area contributed by atoms with Gasteiger partial charge in [-0.25, -0.2) is 0 Å². The molecule has 0 saturated carbocycles. The van der Waals surface area contributed by atoms with Gasteiger partial charge in [0.25, 0.3) is 0 Å². The summed E-state index contributed by atoms with van der Waals surface area (Å²) in [5, 5.41) is 2.96. The van der Waals surface area contributed by atoms with Crippen molar-refractivity contribution < 1.29 is 9.53 Å². The Balaban J connectivity index is 2.46. The minimum Gasteiger partial charge on any atom is -0.496 e. The highest BCUT2D eigenvalue weighted by atomic mass is 79.9. The number of carbonyl (C=O) groups is 1. The molecule has 1 aromatic carbocycles. The van der Waals surface area contributed by atoms with E-state index in [9.17, 15) is 4.79 Å². The first-order valence-corrected chi connectivity index (χ1v) is 6.89. The minimum atomic E-state index is -0.0728. The molecular weight excluding hydrogens is 306 g/mol. The quantitative estimate of drug-likeness (QED) is 0.859. The van der Waals surface area contributed by atoms with Gasteiger partial charge in [0.2, 0.25) is 5.91 Å². The maximum Gasteiger partial charge on any atom is 0.217 e. The maximum absolute atomic E-state index is 11.4. The normalized spacial score (nSPS) is 14.2. The summed E-state index contributed by atoms with van der Waals surface area (Å²) >= 11 is 3.51. The van der Waals surface area contributed by atoms with Crippen molar-refractivity contribution in [3.05, 3.63) is 52.2 Å². The van der Waals surface area contributed by atoms with Gasteiger partial charge in [0.1, 0.15) is 6.61 Å². The number of hydrogen-bond acceptors (Lipinski definition) is 2. The van der Waals surface area contributed by atoms with Crippen LogP contribution in [0.2, 0.25) is 0 Å². The zero-order valence-electron chi connectivity index (χ0n) is 10.8. The Labute approximate surface area is 121 Å². The number of amides is 1. The first-order chi connectivity index (χ1) is 9.11. The van der Waals surface area contributed by atoms with Crippen LogP contribution in [-0.2, 0) is 16.1 Å². The van der Waals surface area contributed by atoms with Crippen molar-refractivity contribution in [3.8, 4) is 0 Å². The number of ether oxygens (including phenoxy) is 1. The molecule has 1 unspecified atom stereocenters. The van der Waals surface area contributed by atoms with Gasteiger partial charge in [0.15, 0.2) is 0 Å². The summed E-state index contributed by atoms with van der Waals surface area (Å²) in [7, 11) is 0. The fourth-order valence-electron chi connectivity index (χ4n) is 2.23. The summed E-state index contributed by atoms with van der Waals surface area (Å²) in [4.78, 5) is 11.4. The lowest BCUT2D eigenvalue weighted by molar-refractivity contribution is -0.119. The number of fused-ring (bicyclic) bond motifs is 1. The Morgan fingerprint density at radius 1 is 1.63 bits per heavy atom. The molecule has 3 nitrogen and oxygen atoms in total. The molecule has 4 heteroatoms. The summed E-state index contributed by atoms with van der Waals surface area (Å²) in [5.41, 5.74) is 3.31. The molecule has 0 aliphatic carbocycles. The second-order valence-corrected chi connectivity index (χ2v) is 5.37. The van der Waals surface area contributed by atoms with Gasteiger partial charge in [-0.1, -0.05) is 22.0 Å². The van der Waals surface area contributed by atoms with Crippen molar-refractivity contribution in [2.45, 2.75) is 26.0 Å². The van der Waals surface area contributed by atoms with Gasteiger partial charge in [-0.05, 0) is 35.8 Å². The number of carbonyl (C=O) groups excluding carboxylic acids is 1. The lowest BCUT2D eigenvalue weighted by Gasteiger charge is -2.23. The van der Waals surface area contributed by atoms with E-state index in [0.29, 0.717) is 13.0 Å². The monoisotopic (exact) mass is 321 g/mol. The SMILES string of the molecule is C=CCC(NC(C)=O)c1cc(Br)cc2c1COC=C2. The van der Waals surface area contributed by atoms with Gasteiger partial charge in [-0.15, -0.1) is 6.58 Å². The minimum absolute atomic E-state index is 0.0483. The van der Waals surface area contributed by atoms with E-state index in [2.05, 4.69) is 33.9 Å². The van der Waals surface area contributed by atoms with Gasteiger partial charge in [0, 0.05) is 17.0 Å². The van der Waals surface area contributed by atoms with E-state index in [0.717, 1.165) is 21.2 Å². The molecule has 0 aromatic heterocycles. The van der Waals surface area contributed by atoms with Crippen molar-refractivity contribution in [2.75, 3.05) is 0 Å². The van der Waals surface area contributed by atoms with Crippen LogP contribution in [0.25, 0.3) is 6.08 Å². The number of benzene rings is 1. The van der Waals surface area contributed by atoms with Gasteiger partial charge in [-0.3, -0.25) is 4.79 Å². The largest absolute Gasteiger partial charge is 0.496 e. The zero-order chi connectivity index (χ0) is 13.8. The third-order valence-electron chi connectivity index (χ3n) is 3.01. The van der Waals surface area contributed by atoms with Crippen molar-refractivity contribution >= 4 is 27.9 Å². The van der Waals surface area contributed by atoms with Gasteiger partial charge in [0.05, 0.1) is 12.3 Å². The standard InChI is InChI=1S/C15H16BrNO2/c1-3-4-15(17-10(2)18)13-8-12(16)7-11-5-6-19-9-14(11)13/h3,5-8,15H,1,4,9H2,2H3,(H,17,18). The van der Waals surface area contributed by atoms with Crippen LogP contribution in [0, 0.1) is 0 Å². The number of rotatable bonds is 4. The smallest absolute Gasteiger partial charge is 0.217 e. The van der Waals surface area contributed by atoms with Crippen LogP contribution in [0.1, 0.15) is 36.1 Å². The van der Waals surface area contributed by atoms with Gasteiger partial charge >= 0.3 is 0 Å². The van der Waals surface area contributed by atoms with E-state index < -0.39 is 0 Å². The predicted molar refractivity (Wildman–Crippen MR) is 79.3 cm³/mol. The molecule has 1 aliphatic rings. The molecule has 0 spiro atoms. The highest BCUT2D eigenvalue weighted by Crippen LogP contribution is 2.31. The molecule has 0 bridgehead atoms. The molecule has 1 N–H and O–H groups in total. The van der Waals surface area contributed by atoms with Crippen LogP contribution in [0.3, 0.4) is 0 Å². The fraction of sp³-hybridized carbons (Fsp3) is 0.267. The highest BCUT2D eigenvalue weighted by Gasteiger charge is 2.19. The third-order valence-corrected chi connectivity index (χ3v) is 3.47. The molecule has 19 heavy (non-hydrogen) atoms. The van der Waals surface area contributed by atoms with E-state index in [-0.39, 0.29) is 11.9 Å². The Bertz CT molecular complexity index is 537. The Kier molecular flexibility index (Phi) is 4.43. The Hall–Kier alpha value is -1.55. The molecule has 0 radical (unpaired) electrons. The van der Waals surface area contributed by atoms with Crippen LogP contribution in [-0.4, -0.2) is 5.91 Å². The van der Waals surface area contributed by atoms with E-state index in [1.807, 2.05) is 18.2 Å². The summed E-state index contributed by atoms with van der Waals surface area (Å²) < 4.78 is 6.37. The van der Waals surface area contributed by atoms with Crippen LogP contribution in [0.4, 0.5) is 0 Å². The summed E-state index contributed by atoms with van der Waals surface area (Å²) in [6.45, 7) is 5.81. The van der Waals surface area contributed by atoms with Crippen LogP contribution < -0.4 is 5.32 Å². The lowest BCUT2D eigenvalue weighted by Crippen LogP contribution is -2.27. The Morgan fingerprint density at radius 3 is 3.11 bits per heavy atom. The van der Waals surface area contributed by atoms with E-state index in [4.69, 9.17) is 4.74 Å². The fourth-order valence-corrected chi connectivity index (χ4v) is 2.73. The number of hydrogen-bond donors (Lipinski definition) is 1. The van der Waals surface area contributed by atoms with Crippen molar-refractivity contribution in [1.82, 2.24) is 5.32 Å². The van der Waals surface area contributed by atoms with Crippen LogP contribution >= 0.6 is 15.9 Å². The summed E-state index contributed by atoms with van der Waals surface area (Å²) in [6, 6.07) is 4.01. The molecule has 0 saturated heterocycles. The average Bonchev–Trinajstić information content (AvgIpc) is 2.36. The van der Waals surface area contributed by atoms with E-state index in [1.54, 1.807) is 6.26 Å². The summed E-state index contributed by atoms with van der Waals surface area (Å²) in [6.07, 6.45) is 6.13. The molecule has 2 rings (SSSR count). The molecule has 1 atom stereocenters. The van der Waals surface area contributed by atoms with Gasteiger partial charge in [-0.2, -0.15) is 0 Å². The Morgan fingerprint density at radius 2 is 2.42 bits per heavy atom. The summed E-state index contributed by atoms with van der Waals surface area (Å²) in [5.74, 6) is -0.0483. The van der Waals surface area contributed by atoms with Crippen molar-refractivity contribution in [3.63, 3.8) is 0 Å². The highest BCUT2D eigenvalue weighted by molar-refractivity contribution is 9.10. The topological polar surface area (TPSA) is 38.3 Å². The van der Waals surface area contributed by atoms with Crippen molar-refractivity contribution in [2.24, 2.45) is 0 Å². The molecule has 1 aliphatic heterocycles. The van der Waals surface area contributed by atoms with E-state index >= 15 is 0 Å². The molecule has 0 fully saturated rings. The molecule has 1 aromatic rings.